The van der Waals surface area contributed by atoms with E-state index in [4.69, 9.17) is 4.42 Å². The lowest BCUT2D eigenvalue weighted by molar-refractivity contribution is 0.670. The number of pyridine rings is 1. The third kappa shape index (κ3) is 3.03. The molecule has 4 heterocycles. The maximum absolute atomic E-state index is 6.36. The number of para-hydroxylation sites is 4. The number of hydrogen-bond donors (Lipinski definition) is 0. The van der Waals surface area contributed by atoms with E-state index in [1.165, 1.54) is 49.1 Å². The number of nitrogens with zero attached hydrogens (tertiary/aromatic N) is 2. The summed E-state index contributed by atoms with van der Waals surface area (Å²) in [6.07, 6.45) is 0. The van der Waals surface area contributed by atoms with Crippen LogP contribution >= 0.6 is 0 Å². The van der Waals surface area contributed by atoms with Gasteiger partial charge in [0.2, 0.25) is 0 Å². The van der Waals surface area contributed by atoms with Crippen molar-refractivity contribution >= 4 is 71.1 Å². The molecule has 0 N–H and O–H groups in total. The zero-order valence-corrected chi connectivity index (χ0v) is 23.2. The maximum Gasteiger partial charge on any atom is 0.143 e. The molecule has 4 aromatic heterocycles. The Hall–Kier alpha value is -5.80. The first kappa shape index (κ1) is 22.8. The van der Waals surface area contributed by atoms with Crippen LogP contribution in [0.25, 0.3) is 87.9 Å². The molecule has 43 heavy (non-hydrogen) atoms. The second-order valence-corrected chi connectivity index (χ2v) is 11.3. The van der Waals surface area contributed by atoms with Gasteiger partial charge in [0.15, 0.2) is 0 Å². The van der Waals surface area contributed by atoms with Gasteiger partial charge in [0.1, 0.15) is 16.8 Å². The predicted octanol–water partition coefficient (Wildman–Crippen LogP) is 10.9. The van der Waals surface area contributed by atoms with Crippen molar-refractivity contribution in [3.8, 4) is 16.8 Å². The first-order valence-corrected chi connectivity index (χ1v) is 14.7. The Morgan fingerprint density at radius 1 is 0.419 bits per heavy atom. The summed E-state index contributed by atoms with van der Waals surface area (Å²) in [7, 11) is 0. The smallest absolute Gasteiger partial charge is 0.143 e. The van der Waals surface area contributed by atoms with E-state index in [0.29, 0.717) is 0 Å². The van der Waals surface area contributed by atoms with Crippen LogP contribution in [0.1, 0.15) is 0 Å². The monoisotopic (exact) mass is 548 g/mol. The molecule has 0 amide bonds. The molecule has 0 aliphatic heterocycles. The van der Waals surface area contributed by atoms with Crippen LogP contribution in [-0.2, 0) is 0 Å². The van der Waals surface area contributed by atoms with Crippen LogP contribution in [0.5, 0.6) is 0 Å². The van der Waals surface area contributed by atoms with Crippen LogP contribution in [0.15, 0.2) is 150 Å². The summed E-state index contributed by atoms with van der Waals surface area (Å²) in [6, 6.07) is 52.3. The van der Waals surface area contributed by atoms with Gasteiger partial charge in [0.25, 0.3) is 0 Å². The van der Waals surface area contributed by atoms with E-state index in [9.17, 15) is 0 Å². The number of fused-ring (bicyclic) bond motifs is 13. The standard InChI is InChI=1S/C40H24N2O/c1-2-12-30-28(10-1)29-11-3-7-18-36(29)42-37(30)24-34-31-13-4-6-17-35(31)41(40(34)42)26-22-20-25(21-23-26)27-15-9-16-33-32-14-5-8-19-38(32)43-39(27)33/h1-24H. The van der Waals surface area contributed by atoms with Crippen LogP contribution in [0.4, 0.5) is 0 Å². The molecule has 0 aliphatic carbocycles. The first-order chi connectivity index (χ1) is 21.3. The average molecular weight is 549 g/mol. The lowest BCUT2D eigenvalue weighted by atomic mass is 10.0. The van der Waals surface area contributed by atoms with Gasteiger partial charge in [0, 0.05) is 43.6 Å². The Bertz CT molecular complexity index is 2720. The largest absolute Gasteiger partial charge is 0.455 e. The summed E-state index contributed by atoms with van der Waals surface area (Å²) >= 11 is 0. The average Bonchev–Trinajstić information content (AvgIpc) is 3.74. The van der Waals surface area contributed by atoms with Crippen LogP contribution in [0.2, 0.25) is 0 Å². The van der Waals surface area contributed by atoms with Crippen molar-refractivity contribution in [1.29, 1.82) is 0 Å². The predicted molar refractivity (Wildman–Crippen MR) is 179 cm³/mol. The lowest BCUT2D eigenvalue weighted by Gasteiger charge is -2.13. The Kier molecular flexibility index (Phi) is 4.45. The Morgan fingerprint density at radius 2 is 1.02 bits per heavy atom. The summed E-state index contributed by atoms with van der Waals surface area (Å²) in [5.41, 5.74) is 10.0. The lowest BCUT2D eigenvalue weighted by Crippen LogP contribution is -1.99. The quantitative estimate of drug-likeness (QED) is 0.197. The van der Waals surface area contributed by atoms with E-state index >= 15 is 0 Å². The van der Waals surface area contributed by atoms with Crippen molar-refractivity contribution in [3.05, 3.63) is 146 Å². The third-order valence-corrected chi connectivity index (χ3v) is 9.10. The SMILES string of the molecule is c1ccc2c(c1)oc1c(-c3ccc(-n4c5ccccc5c5cc6c7ccccc7c7ccccc7n6c54)cc3)cccc12. The van der Waals surface area contributed by atoms with Crippen molar-refractivity contribution < 1.29 is 4.42 Å². The van der Waals surface area contributed by atoms with E-state index in [1.54, 1.807) is 0 Å². The molecule has 0 spiro atoms. The summed E-state index contributed by atoms with van der Waals surface area (Å²) in [5, 5.41) is 8.62. The normalized spacial score (nSPS) is 12.2. The molecule has 0 aliphatic rings. The minimum absolute atomic E-state index is 0.919. The van der Waals surface area contributed by atoms with Crippen LogP contribution in [0, 0.1) is 0 Å². The van der Waals surface area contributed by atoms with E-state index in [2.05, 4.69) is 142 Å². The molecule has 0 atom stereocenters. The van der Waals surface area contributed by atoms with Gasteiger partial charge in [0.05, 0.1) is 16.6 Å². The number of furan rings is 1. The number of aromatic nitrogens is 2. The second kappa shape index (κ2) is 8.37. The zero-order valence-electron chi connectivity index (χ0n) is 23.2. The topological polar surface area (TPSA) is 22.5 Å². The molecule has 0 saturated carbocycles. The van der Waals surface area contributed by atoms with Crippen molar-refractivity contribution in [2.75, 3.05) is 0 Å². The number of hydrogen-bond acceptors (Lipinski definition) is 1. The molecule has 10 rings (SSSR count). The fourth-order valence-corrected chi connectivity index (χ4v) is 7.24. The Balaban J connectivity index is 1.26. The van der Waals surface area contributed by atoms with Gasteiger partial charge in [-0.25, -0.2) is 0 Å². The maximum atomic E-state index is 6.36. The second-order valence-electron chi connectivity index (χ2n) is 11.3. The third-order valence-electron chi connectivity index (χ3n) is 9.10. The molecule has 0 unspecified atom stereocenters. The molecule has 200 valence electrons. The van der Waals surface area contributed by atoms with Gasteiger partial charge in [-0.3, -0.25) is 8.97 Å². The Labute approximate surface area is 246 Å². The van der Waals surface area contributed by atoms with Crippen LogP contribution in [0.3, 0.4) is 0 Å². The van der Waals surface area contributed by atoms with E-state index in [1.807, 2.05) is 12.1 Å². The van der Waals surface area contributed by atoms with Gasteiger partial charge in [-0.15, -0.1) is 0 Å². The number of rotatable bonds is 2. The van der Waals surface area contributed by atoms with Crippen LogP contribution < -0.4 is 0 Å². The molecular formula is C40H24N2O. The Morgan fingerprint density at radius 3 is 1.81 bits per heavy atom. The molecular weight excluding hydrogens is 524 g/mol. The number of benzene rings is 6. The molecule has 6 aromatic carbocycles. The molecule has 10 aromatic rings. The first-order valence-electron chi connectivity index (χ1n) is 14.7. The van der Waals surface area contributed by atoms with E-state index < -0.39 is 0 Å². The zero-order chi connectivity index (χ0) is 28.1. The summed E-state index contributed by atoms with van der Waals surface area (Å²) in [5.74, 6) is 0. The summed E-state index contributed by atoms with van der Waals surface area (Å²) in [4.78, 5) is 0. The highest BCUT2D eigenvalue weighted by Crippen LogP contribution is 2.40. The van der Waals surface area contributed by atoms with Crippen LogP contribution in [-0.4, -0.2) is 8.97 Å². The van der Waals surface area contributed by atoms with Gasteiger partial charge in [-0.2, -0.15) is 0 Å². The highest BCUT2D eigenvalue weighted by molar-refractivity contribution is 6.19. The molecule has 3 nitrogen and oxygen atoms in total. The minimum Gasteiger partial charge on any atom is -0.455 e. The molecule has 0 fully saturated rings. The fourth-order valence-electron chi connectivity index (χ4n) is 7.24. The van der Waals surface area contributed by atoms with Crippen molar-refractivity contribution in [2.45, 2.75) is 0 Å². The fraction of sp³-hybridized carbons (Fsp3) is 0. The van der Waals surface area contributed by atoms with Gasteiger partial charge in [-0.1, -0.05) is 109 Å². The molecule has 0 radical (unpaired) electrons. The van der Waals surface area contributed by atoms with E-state index in [0.717, 1.165) is 38.8 Å². The molecule has 0 saturated heterocycles. The van der Waals surface area contributed by atoms with Gasteiger partial charge in [-0.05, 0) is 47.3 Å². The molecule has 0 bridgehead atoms. The highest BCUT2D eigenvalue weighted by Gasteiger charge is 2.20. The minimum atomic E-state index is 0.919. The van der Waals surface area contributed by atoms with Crippen molar-refractivity contribution in [2.24, 2.45) is 0 Å². The van der Waals surface area contributed by atoms with E-state index in [-0.39, 0.29) is 0 Å². The molecule has 3 heteroatoms. The van der Waals surface area contributed by atoms with Gasteiger partial charge < -0.3 is 4.42 Å². The highest BCUT2D eigenvalue weighted by atomic mass is 16.3. The summed E-state index contributed by atoms with van der Waals surface area (Å²) in [6.45, 7) is 0. The van der Waals surface area contributed by atoms with Crippen molar-refractivity contribution in [1.82, 2.24) is 8.97 Å². The summed E-state index contributed by atoms with van der Waals surface area (Å²) < 4.78 is 11.2. The van der Waals surface area contributed by atoms with Crippen molar-refractivity contribution in [3.63, 3.8) is 0 Å². The van der Waals surface area contributed by atoms with Gasteiger partial charge >= 0.3 is 0 Å².